The Morgan fingerprint density at radius 3 is 2.11 bits per heavy atom. The van der Waals surface area contributed by atoms with Crippen molar-refractivity contribution in [1.29, 1.82) is 0 Å². The van der Waals surface area contributed by atoms with E-state index in [-0.39, 0.29) is 5.91 Å². The van der Waals surface area contributed by atoms with Crippen LogP contribution in [0, 0.1) is 0 Å². The number of aromatic nitrogens is 4. The summed E-state index contributed by atoms with van der Waals surface area (Å²) in [6.45, 7) is 0. The molecule has 0 saturated carbocycles. The third-order valence-electron chi connectivity index (χ3n) is 3.96. The molecule has 0 spiro atoms. The fourth-order valence-electron chi connectivity index (χ4n) is 2.67. The molecular formula is C20H16N6O. The second-order valence-corrected chi connectivity index (χ2v) is 5.75. The van der Waals surface area contributed by atoms with Gasteiger partial charge in [0.1, 0.15) is 6.33 Å². The van der Waals surface area contributed by atoms with Crippen molar-refractivity contribution in [3.8, 4) is 5.69 Å². The zero-order valence-electron chi connectivity index (χ0n) is 14.3. The Morgan fingerprint density at radius 2 is 1.52 bits per heavy atom. The van der Waals surface area contributed by atoms with E-state index in [0.717, 1.165) is 11.4 Å². The summed E-state index contributed by atoms with van der Waals surface area (Å²) in [5.41, 5.74) is 5.89. The van der Waals surface area contributed by atoms with Gasteiger partial charge in [-0.2, -0.15) is 0 Å². The number of para-hydroxylation sites is 2. The van der Waals surface area contributed by atoms with Gasteiger partial charge in [0, 0.05) is 5.56 Å². The lowest BCUT2D eigenvalue weighted by atomic mass is 10.2. The highest BCUT2D eigenvalue weighted by molar-refractivity contribution is 5.96. The first kappa shape index (κ1) is 16.5. The number of nitrogens with one attached hydrogen (secondary N) is 1. The van der Waals surface area contributed by atoms with E-state index in [0.29, 0.717) is 11.3 Å². The van der Waals surface area contributed by atoms with E-state index in [4.69, 9.17) is 0 Å². The van der Waals surface area contributed by atoms with Crippen LogP contribution >= 0.6 is 0 Å². The summed E-state index contributed by atoms with van der Waals surface area (Å²) in [6.07, 6.45) is 1.48. The number of amides is 1. The molecule has 0 aliphatic carbocycles. The molecule has 1 N–H and O–H groups in total. The quantitative estimate of drug-likeness (QED) is 0.556. The van der Waals surface area contributed by atoms with Gasteiger partial charge in [-0.05, 0) is 52.9 Å². The second-order valence-electron chi connectivity index (χ2n) is 5.75. The van der Waals surface area contributed by atoms with Crippen LogP contribution in [0.25, 0.3) is 5.69 Å². The topological polar surface area (TPSA) is 75.9 Å². The minimum atomic E-state index is -0.238. The Bertz CT molecular complexity index is 979. The molecule has 132 valence electrons. The molecule has 0 unspecified atom stereocenters. The first-order valence-electron chi connectivity index (χ1n) is 8.36. The van der Waals surface area contributed by atoms with E-state index in [2.05, 4.69) is 21.0 Å². The van der Waals surface area contributed by atoms with Gasteiger partial charge in [-0.15, -0.1) is 5.10 Å². The summed E-state index contributed by atoms with van der Waals surface area (Å²) in [6, 6.07) is 26.4. The molecule has 7 heteroatoms. The number of hydrogen-bond acceptors (Lipinski definition) is 5. The molecule has 0 bridgehead atoms. The standard InChI is InChI=1S/C20H16N6O/c27-20(16-8-7-13-19(14-16)25-15-21-23-24-25)22-26(17-9-3-1-4-10-17)18-11-5-2-6-12-18/h1-15H,(H,22,27). The molecule has 1 aromatic heterocycles. The van der Waals surface area contributed by atoms with Gasteiger partial charge in [0.2, 0.25) is 0 Å². The third-order valence-corrected chi connectivity index (χ3v) is 3.96. The lowest BCUT2D eigenvalue weighted by Gasteiger charge is -2.25. The number of hydrazine groups is 1. The fourth-order valence-corrected chi connectivity index (χ4v) is 2.67. The van der Waals surface area contributed by atoms with Crippen LogP contribution in [-0.2, 0) is 0 Å². The number of hydrogen-bond donors (Lipinski definition) is 1. The van der Waals surface area contributed by atoms with Gasteiger partial charge >= 0.3 is 0 Å². The Kier molecular flexibility index (Phi) is 4.57. The lowest BCUT2D eigenvalue weighted by molar-refractivity contribution is 0.0953. The maximum absolute atomic E-state index is 12.9. The summed E-state index contributed by atoms with van der Waals surface area (Å²) in [5, 5.41) is 12.9. The van der Waals surface area contributed by atoms with Gasteiger partial charge in [0.25, 0.3) is 5.91 Å². The molecule has 0 fully saturated rings. The number of rotatable bonds is 5. The smallest absolute Gasteiger partial charge is 0.267 e. The summed E-state index contributed by atoms with van der Waals surface area (Å²) in [7, 11) is 0. The summed E-state index contributed by atoms with van der Waals surface area (Å²) >= 11 is 0. The molecule has 0 aliphatic heterocycles. The molecule has 0 aliphatic rings. The number of nitrogens with zero attached hydrogens (tertiary/aromatic N) is 5. The average Bonchev–Trinajstić information content (AvgIpc) is 3.28. The largest absolute Gasteiger partial charge is 0.270 e. The van der Waals surface area contributed by atoms with E-state index < -0.39 is 0 Å². The molecule has 4 aromatic rings. The van der Waals surface area contributed by atoms with E-state index in [1.807, 2.05) is 66.7 Å². The minimum absolute atomic E-state index is 0.238. The number of carbonyl (C=O) groups excluding carboxylic acids is 1. The predicted molar refractivity (Wildman–Crippen MR) is 102 cm³/mol. The molecule has 1 heterocycles. The van der Waals surface area contributed by atoms with Gasteiger partial charge in [-0.1, -0.05) is 42.5 Å². The van der Waals surface area contributed by atoms with Crippen molar-refractivity contribution in [1.82, 2.24) is 25.6 Å². The molecular weight excluding hydrogens is 340 g/mol. The van der Waals surface area contributed by atoms with Gasteiger partial charge in [0.05, 0.1) is 17.1 Å². The Hall–Kier alpha value is -4.00. The zero-order valence-corrected chi connectivity index (χ0v) is 14.3. The molecule has 0 radical (unpaired) electrons. The van der Waals surface area contributed by atoms with Crippen molar-refractivity contribution in [3.05, 3.63) is 96.8 Å². The van der Waals surface area contributed by atoms with Gasteiger partial charge in [-0.3, -0.25) is 15.2 Å². The molecule has 7 nitrogen and oxygen atoms in total. The number of benzene rings is 3. The molecule has 1 amide bonds. The monoisotopic (exact) mass is 356 g/mol. The predicted octanol–water partition coefficient (Wildman–Crippen LogP) is 3.15. The van der Waals surface area contributed by atoms with Crippen molar-refractivity contribution < 1.29 is 4.79 Å². The summed E-state index contributed by atoms with van der Waals surface area (Å²) < 4.78 is 1.50. The third kappa shape index (κ3) is 3.67. The summed E-state index contributed by atoms with van der Waals surface area (Å²) in [4.78, 5) is 12.9. The Balaban J connectivity index is 1.64. The van der Waals surface area contributed by atoms with Gasteiger partial charge < -0.3 is 0 Å². The highest BCUT2D eigenvalue weighted by Crippen LogP contribution is 2.23. The summed E-state index contributed by atoms with van der Waals surface area (Å²) in [5.74, 6) is -0.238. The Morgan fingerprint density at radius 1 is 0.852 bits per heavy atom. The van der Waals surface area contributed by atoms with Crippen LogP contribution in [0.5, 0.6) is 0 Å². The van der Waals surface area contributed by atoms with Crippen molar-refractivity contribution in [2.45, 2.75) is 0 Å². The van der Waals surface area contributed by atoms with Gasteiger partial charge in [-0.25, -0.2) is 4.68 Å². The maximum atomic E-state index is 12.9. The van der Waals surface area contributed by atoms with Crippen LogP contribution in [0.4, 0.5) is 11.4 Å². The normalized spacial score (nSPS) is 10.4. The van der Waals surface area contributed by atoms with Crippen molar-refractivity contribution in [3.63, 3.8) is 0 Å². The van der Waals surface area contributed by atoms with E-state index in [9.17, 15) is 4.79 Å². The first-order valence-corrected chi connectivity index (χ1v) is 8.36. The molecule has 3 aromatic carbocycles. The lowest BCUT2D eigenvalue weighted by Crippen LogP contribution is -2.38. The highest BCUT2D eigenvalue weighted by atomic mass is 16.2. The Labute approximate surface area is 155 Å². The number of tetrazole rings is 1. The van der Waals surface area contributed by atoms with Crippen LogP contribution in [-0.4, -0.2) is 26.1 Å². The molecule has 4 rings (SSSR count). The van der Waals surface area contributed by atoms with Crippen molar-refractivity contribution >= 4 is 17.3 Å². The van der Waals surface area contributed by atoms with Crippen LogP contribution in [0.1, 0.15) is 10.4 Å². The second kappa shape index (κ2) is 7.49. The molecule has 0 saturated heterocycles. The van der Waals surface area contributed by atoms with Crippen LogP contribution < -0.4 is 10.4 Å². The van der Waals surface area contributed by atoms with Gasteiger partial charge in [0.15, 0.2) is 0 Å². The van der Waals surface area contributed by atoms with E-state index >= 15 is 0 Å². The SMILES string of the molecule is O=C(NN(c1ccccc1)c1ccccc1)c1cccc(-n2cnnn2)c1. The van der Waals surface area contributed by atoms with Crippen LogP contribution in [0.15, 0.2) is 91.3 Å². The van der Waals surface area contributed by atoms with E-state index in [1.165, 1.54) is 11.0 Å². The minimum Gasteiger partial charge on any atom is -0.267 e. The van der Waals surface area contributed by atoms with Crippen molar-refractivity contribution in [2.75, 3.05) is 5.01 Å². The average molecular weight is 356 g/mol. The van der Waals surface area contributed by atoms with Crippen molar-refractivity contribution in [2.24, 2.45) is 0 Å². The van der Waals surface area contributed by atoms with Crippen LogP contribution in [0.2, 0.25) is 0 Å². The molecule has 0 atom stereocenters. The maximum Gasteiger partial charge on any atom is 0.270 e. The number of carbonyl (C=O) groups is 1. The number of anilines is 2. The fraction of sp³-hybridized carbons (Fsp3) is 0. The first-order chi connectivity index (χ1) is 13.3. The van der Waals surface area contributed by atoms with Crippen LogP contribution in [0.3, 0.4) is 0 Å². The van der Waals surface area contributed by atoms with E-state index in [1.54, 1.807) is 23.2 Å². The highest BCUT2D eigenvalue weighted by Gasteiger charge is 2.14. The zero-order chi connectivity index (χ0) is 18.5. The molecule has 27 heavy (non-hydrogen) atoms.